The van der Waals surface area contributed by atoms with Crippen LogP contribution in [0.1, 0.15) is 21.5 Å². The van der Waals surface area contributed by atoms with Gasteiger partial charge in [0.15, 0.2) is 5.16 Å². The zero-order valence-corrected chi connectivity index (χ0v) is 19.3. The molecule has 0 radical (unpaired) electrons. The van der Waals surface area contributed by atoms with Crippen molar-refractivity contribution in [3.8, 4) is 5.69 Å². The fraction of sp³-hybridized carbons (Fsp3) is 0.115. The van der Waals surface area contributed by atoms with Crippen LogP contribution in [0.3, 0.4) is 0 Å². The Morgan fingerprint density at radius 3 is 2.38 bits per heavy atom. The number of nitrogens with one attached hydrogen (secondary N) is 2. The van der Waals surface area contributed by atoms with Crippen LogP contribution in [0, 0.1) is 12.7 Å². The number of carbonyl (C=O) groups excluding carboxylic acids is 2. The first kappa shape index (κ1) is 23.3. The number of anilines is 1. The van der Waals surface area contributed by atoms with Gasteiger partial charge in [-0.2, -0.15) is 0 Å². The van der Waals surface area contributed by atoms with E-state index in [1.165, 1.54) is 41.6 Å². The van der Waals surface area contributed by atoms with E-state index < -0.39 is 0 Å². The Bertz CT molecular complexity index is 1270. The normalized spacial score (nSPS) is 10.6. The largest absolute Gasteiger partial charge is 0.348 e. The lowest BCUT2D eigenvalue weighted by molar-refractivity contribution is -0.113. The summed E-state index contributed by atoms with van der Waals surface area (Å²) in [6, 6.07) is 20.8. The molecule has 0 aliphatic carbocycles. The summed E-state index contributed by atoms with van der Waals surface area (Å²) in [5, 5.41) is 6.30. The van der Waals surface area contributed by atoms with Gasteiger partial charge in [0.2, 0.25) is 5.91 Å². The van der Waals surface area contributed by atoms with Gasteiger partial charge in [-0.3, -0.25) is 14.2 Å². The molecule has 1 aromatic heterocycles. The topological polar surface area (TPSA) is 76.0 Å². The van der Waals surface area contributed by atoms with Crippen LogP contribution in [0.4, 0.5) is 10.1 Å². The third-order valence-corrected chi connectivity index (χ3v) is 6.02. The molecule has 34 heavy (non-hydrogen) atoms. The molecule has 0 aliphatic rings. The van der Waals surface area contributed by atoms with E-state index in [2.05, 4.69) is 15.6 Å². The minimum absolute atomic E-state index is 0.147. The Labute approximate surface area is 201 Å². The van der Waals surface area contributed by atoms with Gasteiger partial charge >= 0.3 is 0 Å². The van der Waals surface area contributed by atoms with Crippen molar-refractivity contribution >= 4 is 29.3 Å². The molecular weight excluding hydrogens is 451 g/mol. The van der Waals surface area contributed by atoms with Crippen LogP contribution < -0.4 is 10.6 Å². The number of aromatic nitrogens is 2. The number of imidazole rings is 1. The molecule has 4 rings (SSSR count). The van der Waals surface area contributed by atoms with E-state index in [1.807, 2.05) is 47.9 Å². The van der Waals surface area contributed by atoms with Crippen molar-refractivity contribution in [3.63, 3.8) is 0 Å². The molecule has 0 unspecified atom stereocenters. The number of halogens is 1. The molecule has 1 heterocycles. The smallest absolute Gasteiger partial charge is 0.251 e. The average molecular weight is 475 g/mol. The van der Waals surface area contributed by atoms with Gasteiger partial charge in [-0.15, -0.1) is 0 Å². The van der Waals surface area contributed by atoms with E-state index in [9.17, 15) is 14.0 Å². The van der Waals surface area contributed by atoms with E-state index in [1.54, 1.807) is 24.5 Å². The second kappa shape index (κ2) is 10.8. The van der Waals surface area contributed by atoms with Gasteiger partial charge in [0.05, 0.1) is 5.75 Å². The number of amides is 2. The summed E-state index contributed by atoms with van der Waals surface area (Å²) in [6.07, 6.45) is 3.45. The molecule has 0 fully saturated rings. The summed E-state index contributed by atoms with van der Waals surface area (Å²) in [5.41, 5.74) is 4.14. The highest BCUT2D eigenvalue weighted by atomic mass is 32.2. The number of nitrogens with zero attached hydrogens (tertiary/aromatic N) is 2. The fourth-order valence-corrected chi connectivity index (χ4v) is 3.99. The number of rotatable bonds is 8. The second-order valence-electron chi connectivity index (χ2n) is 7.64. The van der Waals surface area contributed by atoms with E-state index in [0.717, 1.165) is 11.3 Å². The number of hydrogen-bond donors (Lipinski definition) is 2. The first-order chi connectivity index (χ1) is 16.5. The van der Waals surface area contributed by atoms with E-state index in [0.29, 0.717) is 23.0 Å². The molecule has 0 saturated carbocycles. The number of aryl methyl sites for hydroxylation is 1. The number of carbonyl (C=O) groups is 2. The van der Waals surface area contributed by atoms with Gasteiger partial charge in [-0.25, -0.2) is 9.37 Å². The quantitative estimate of drug-likeness (QED) is 0.353. The minimum Gasteiger partial charge on any atom is -0.348 e. The summed E-state index contributed by atoms with van der Waals surface area (Å²) in [6.45, 7) is 2.49. The van der Waals surface area contributed by atoms with Gasteiger partial charge in [0, 0.05) is 35.9 Å². The summed E-state index contributed by atoms with van der Waals surface area (Å²) >= 11 is 1.28. The Hall–Kier alpha value is -3.91. The predicted molar refractivity (Wildman–Crippen MR) is 132 cm³/mol. The van der Waals surface area contributed by atoms with Gasteiger partial charge in [0.25, 0.3) is 5.91 Å². The lowest BCUT2D eigenvalue weighted by Crippen LogP contribution is -2.22. The van der Waals surface area contributed by atoms with Crippen molar-refractivity contribution in [3.05, 3.63) is 108 Å². The molecule has 0 aliphatic heterocycles. The molecule has 0 bridgehead atoms. The summed E-state index contributed by atoms with van der Waals surface area (Å²) in [4.78, 5) is 29.1. The van der Waals surface area contributed by atoms with Crippen LogP contribution in [0.25, 0.3) is 5.69 Å². The lowest BCUT2D eigenvalue weighted by Gasteiger charge is -2.10. The second-order valence-corrected chi connectivity index (χ2v) is 8.58. The SMILES string of the molecule is Cc1ccc(CNC(=O)c2ccc(-n3ccnc3SCC(=O)Nc3ccc(F)cc3)cc2)cc1. The van der Waals surface area contributed by atoms with Gasteiger partial charge < -0.3 is 10.6 Å². The summed E-state index contributed by atoms with van der Waals surface area (Å²) < 4.78 is 14.9. The predicted octanol–water partition coefficient (Wildman–Crippen LogP) is 4.98. The maximum Gasteiger partial charge on any atom is 0.251 e. The van der Waals surface area contributed by atoms with Crippen LogP contribution in [0.5, 0.6) is 0 Å². The molecule has 4 aromatic rings. The number of thioether (sulfide) groups is 1. The summed E-state index contributed by atoms with van der Waals surface area (Å²) in [7, 11) is 0. The first-order valence-electron chi connectivity index (χ1n) is 10.6. The van der Waals surface area contributed by atoms with E-state index in [-0.39, 0.29) is 23.4 Å². The first-order valence-corrected chi connectivity index (χ1v) is 11.6. The fourth-order valence-electron chi connectivity index (χ4n) is 3.22. The molecule has 6 nitrogen and oxygen atoms in total. The third kappa shape index (κ3) is 6.11. The van der Waals surface area contributed by atoms with Crippen LogP contribution in [-0.4, -0.2) is 27.1 Å². The highest BCUT2D eigenvalue weighted by Gasteiger charge is 2.11. The van der Waals surface area contributed by atoms with Crippen molar-refractivity contribution in [2.45, 2.75) is 18.6 Å². The van der Waals surface area contributed by atoms with Crippen molar-refractivity contribution in [2.75, 3.05) is 11.1 Å². The Balaban J connectivity index is 1.33. The van der Waals surface area contributed by atoms with Crippen molar-refractivity contribution in [1.82, 2.24) is 14.9 Å². The molecular formula is C26H23FN4O2S. The maximum absolute atomic E-state index is 13.0. The highest BCUT2D eigenvalue weighted by molar-refractivity contribution is 7.99. The maximum atomic E-state index is 13.0. The van der Waals surface area contributed by atoms with Crippen LogP contribution >= 0.6 is 11.8 Å². The van der Waals surface area contributed by atoms with Crippen molar-refractivity contribution in [1.29, 1.82) is 0 Å². The zero-order chi connectivity index (χ0) is 23.9. The van der Waals surface area contributed by atoms with Gasteiger partial charge in [-0.05, 0) is 61.0 Å². The van der Waals surface area contributed by atoms with E-state index >= 15 is 0 Å². The molecule has 2 N–H and O–H groups in total. The average Bonchev–Trinajstić information content (AvgIpc) is 3.32. The molecule has 0 spiro atoms. The summed E-state index contributed by atoms with van der Waals surface area (Å²) in [5.74, 6) is -0.575. The number of benzene rings is 3. The Morgan fingerprint density at radius 2 is 1.68 bits per heavy atom. The van der Waals surface area contributed by atoms with Crippen LogP contribution in [-0.2, 0) is 11.3 Å². The molecule has 3 aromatic carbocycles. The zero-order valence-electron chi connectivity index (χ0n) is 18.5. The minimum atomic E-state index is -0.357. The molecule has 0 saturated heterocycles. The molecule has 172 valence electrons. The van der Waals surface area contributed by atoms with Gasteiger partial charge in [0.1, 0.15) is 5.82 Å². The van der Waals surface area contributed by atoms with E-state index in [4.69, 9.17) is 0 Å². The highest BCUT2D eigenvalue weighted by Crippen LogP contribution is 2.21. The van der Waals surface area contributed by atoms with Gasteiger partial charge in [-0.1, -0.05) is 41.6 Å². The molecule has 2 amide bonds. The molecule has 0 atom stereocenters. The number of hydrogen-bond acceptors (Lipinski definition) is 4. The van der Waals surface area contributed by atoms with Crippen molar-refractivity contribution in [2.24, 2.45) is 0 Å². The van der Waals surface area contributed by atoms with Crippen LogP contribution in [0.15, 0.2) is 90.3 Å². The lowest BCUT2D eigenvalue weighted by atomic mass is 10.1. The standard InChI is InChI=1S/C26H23FN4O2S/c1-18-2-4-19(5-3-18)16-29-25(33)20-6-12-23(13-7-20)31-15-14-28-26(31)34-17-24(32)30-22-10-8-21(27)9-11-22/h2-15H,16-17H2,1H3,(H,29,33)(H,30,32). The monoisotopic (exact) mass is 474 g/mol. The molecule has 8 heteroatoms. The van der Waals surface area contributed by atoms with Crippen LogP contribution in [0.2, 0.25) is 0 Å². The third-order valence-electron chi connectivity index (χ3n) is 5.05. The Kier molecular flexibility index (Phi) is 7.39. The van der Waals surface area contributed by atoms with Crippen molar-refractivity contribution < 1.29 is 14.0 Å². The Morgan fingerprint density at radius 1 is 0.971 bits per heavy atom.